The average molecular weight is 1950 g/mol. The second kappa shape index (κ2) is 54.1. The highest BCUT2D eigenvalue weighted by atomic mass is 16.5. The van der Waals surface area contributed by atoms with Crippen molar-refractivity contribution in [2.75, 3.05) is 254 Å². The molecule has 140 heavy (non-hydrogen) atoms. The number of carbonyl (C=O) groups excluding carboxylic acids is 3. The lowest BCUT2D eigenvalue weighted by atomic mass is 9.92. The molecule has 9 saturated heterocycles. The van der Waals surface area contributed by atoms with Crippen molar-refractivity contribution in [3.8, 4) is 6.01 Å². The molecule has 9 aliphatic heterocycles. The van der Waals surface area contributed by atoms with Crippen molar-refractivity contribution in [1.82, 2.24) is 106 Å². The van der Waals surface area contributed by atoms with Crippen molar-refractivity contribution >= 4 is 82.4 Å². The number of hydrogen-bond acceptors (Lipinski definition) is 34. The Kier molecular flexibility index (Phi) is 46.6. The summed E-state index contributed by atoms with van der Waals surface area (Å²) in [5.41, 5.74) is 11.8. The first kappa shape index (κ1) is 121. The molecule has 1 saturated carbocycles. The van der Waals surface area contributed by atoms with Gasteiger partial charge in [-0.3, -0.25) is 14.4 Å². The van der Waals surface area contributed by atoms with Gasteiger partial charge in [0.1, 0.15) is 34.9 Å². The molecular formula is C103H189N33O4. The van der Waals surface area contributed by atoms with Crippen LogP contribution in [0.1, 0.15) is 263 Å². The summed E-state index contributed by atoms with van der Waals surface area (Å²) in [4.78, 5) is 109. The van der Waals surface area contributed by atoms with Crippen molar-refractivity contribution in [2.24, 2.45) is 11.7 Å². The molecule has 37 nitrogen and oxygen atoms in total. The number of anilines is 11. The van der Waals surface area contributed by atoms with E-state index in [2.05, 4.69) is 272 Å². The molecule has 6 aromatic heterocycles. The summed E-state index contributed by atoms with van der Waals surface area (Å²) in [6.07, 6.45) is 5.05. The number of likely N-dealkylation sites (N-methyl/N-ethyl adjacent to an activating group) is 1. The third-order valence-corrected chi connectivity index (χ3v) is 25.0. The zero-order valence-corrected chi connectivity index (χ0v) is 85.5. The second-order valence-corrected chi connectivity index (χ2v) is 43.3. The predicted molar refractivity (Wildman–Crippen MR) is 583 cm³/mol. The van der Waals surface area contributed by atoms with Crippen LogP contribution in [0.15, 0.2) is 36.4 Å². The number of nitrogens with zero attached hydrogens (tertiary/aromatic N) is 20. The van der Waals surface area contributed by atoms with Gasteiger partial charge in [0.2, 0.25) is 47.5 Å². The van der Waals surface area contributed by atoms with Crippen LogP contribution < -0.4 is 98.8 Å². The lowest BCUT2D eigenvalue weighted by Gasteiger charge is -2.36. The Morgan fingerprint density at radius 1 is 0.364 bits per heavy atom. The maximum atomic E-state index is 12.3. The summed E-state index contributed by atoms with van der Waals surface area (Å²) in [5.74, 6) is 10.3. The number of nitrogens with two attached hydrogens (primary N) is 1. The Labute approximate surface area is 843 Å². The fourth-order valence-corrected chi connectivity index (χ4v) is 15.0. The molecule has 10 fully saturated rings. The minimum absolute atomic E-state index is 0. The number of unbranched alkanes of at least 4 members (excludes halogenated alkanes) is 1. The number of nitrogens with one attached hydrogen (secondary N) is 12. The molecule has 6 aromatic rings. The zero-order chi connectivity index (χ0) is 97.0. The first-order chi connectivity index (χ1) is 63.4. The van der Waals surface area contributed by atoms with E-state index in [1.807, 2.05) is 46.6 Å². The van der Waals surface area contributed by atoms with Crippen molar-refractivity contribution in [2.45, 2.75) is 298 Å². The van der Waals surface area contributed by atoms with Crippen LogP contribution in [-0.2, 0) is 46.9 Å². The quantitative estimate of drug-likeness (QED) is 0.0240. The fourth-order valence-electron chi connectivity index (χ4n) is 15.0. The van der Waals surface area contributed by atoms with Gasteiger partial charge in [-0.15, -0.1) is 0 Å². The third-order valence-electron chi connectivity index (χ3n) is 25.0. The Morgan fingerprint density at radius 2 is 0.629 bits per heavy atom. The maximum absolute atomic E-state index is 12.3. The number of hydrogen-bond donors (Lipinski definition) is 13. The molecule has 16 rings (SSSR count). The van der Waals surface area contributed by atoms with Gasteiger partial charge in [-0.2, -0.15) is 34.9 Å². The van der Waals surface area contributed by atoms with Crippen molar-refractivity contribution in [3.05, 3.63) is 70.6 Å². The van der Waals surface area contributed by atoms with Crippen molar-refractivity contribution in [3.63, 3.8) is 0 Å². The number of ether oxygens (including phenoxy) is 1. The minimum atomic E-state index is -0.0357. The molecule has 0 unspecified atom stereocenters. The monoisotopic (exact) mass is 1950 g/mol. The maximum Gasteiger partial charge on any atom is 0.318 e. The molecule has 14 N–H and O–H groups in total. The van der Waals surface area contributed by atoms with E-state index in [-0.39, 0.29) is 88.9 Å². The number of piperazine rings is 3. The van der Waals surface area contributed by atoms with Gasteiger partial charge in [0.15, 0.2) is 0 Å². The van der Waals surface area contributed by atoms with E-state index in [1.54, 1.807) is 6.92 Å². The normalized spacial score (nSPS) is 17.4. The van der Waals surface area contributed by atoms with Crippen molar-refractivity contribution in [1.29, 1.82) is 0 Å². The van der Waals surface area contributed by atoms with Crippen molar-refractivity contribution < 1.29 is 19.1 Å². The van der Waals surface area contributed by atoms with E-state index in [1.165, 1.54) is 6.42 Å². The molecule has 790 valence electrons. The van der Waals surface area contributed by atoms with Crippen LogP contribution in [0.25, 0.3) is 0 Å². The van der Waals surface area contributed by atoms with E-state index in [0.717, 1.165) is 288 Å². The minimum Gasteiger partial charge on any atom is -0.464 e. The summed E-state index contributed by atoms with van der Waals surface area (Å²) < 4.78 is 5.44. The molecule has 0 spiro atoms. The summed E-state index contributed by atoms with van der Waals surface area (Å²) in [6.45, 7) is 70.7. The van der Waals surface area contributed by atoms with Crippen LogP contribution in [0, 0.1) is 5.92 Å². The summed E-state index contributed by atoms with van der Waals surface area (Å²) in [7, 11) is 4.05. The SMILES string of the molecule is C.C.C.C.C.C.CC(=O)N1CCN(c2nc(NC3CNC3)cc(C(C)(C)C)n2)CC1.CC(C)(C)c1cc(NC2CNC2)nc(N2CCN(C(=O)C3CC3)CC2)n1.CCC(=O)N1CCN(c2nc(NC3CNC3)cc(C(C)(C)C)n2)CC1.CCCCN(C)c1nc(NC2CNC2)cc(C(C)(C)C)n1.CCOc1nc(NC2CNC2)cc(C(C)(C)C)n1.CN(CCN)c1nc(NC2CNC2)cc(C(C)(C)C)n1. The fraction of sp³-hybridized carbons (Fsp3) is 0.738. The van der Waals surface area contributed by atoms with E-state index in [4.69, 9.17) is 50.3 Å². The van der Waals surface area contributed by atoms with E-state index >= 15 is 0 Å². The van der Waals surface area contributed by atoms with Gasteiger partial charge < -0.3 is 113 Å². The van der Waals surface area contributed by atoms with Gasteiger partial charge in [-0.25, -0.2) is 24.9 Å². The summed E-state index contributed by atoms with van der Waals surface area (Å²) >= 11 is 0. The molecule has 1 aliphatic carbocycles. The van der Waals surface area contributed by atoms with Gasteiger partial charge in [0, 0.05) is 279 Å². The zero-order valence-electron chi connectivity index (χ0n) is 85.5. The highest BCUT2D eigenvalue weighted by Crippen LogP contribution is 2.35. The van der Waals surface area contributed by atoms with Gasteiger partial charge >= 0.3 is 6.01 Å². The van der Waals surface area contributed by atoms with Gasteiger partial charge in [0.05, 0.1) is 77.0 Å². The van der Waals surface area contributed by atoms with Gasteiger partial charge in [-0.05, 0) is 26.2 Å². The number of aromatic nitrogens is 12. The molecule has 10 aliphatic rings. The molecule has 0 radical (unpaired) electrons. The largest absolute Gasteiger partial charge is 0.464 e. The van der Waals surface area contributed by atoms with Crippen LogP contribution in [-0.4, -0.2) is 326 Å². The third kappa shape index (κ3) is 36.3. The van der Waals surface area contributed by atoms with E-state index in [9.17, 15) is 14.4 Å². The van der Waals surface area contributed by atoms with Gasteiger partial charge in [-0.1, -0.05) is 189 Å². The Morgan fingerprint density at radius 3 is 0.879 bits per heavy atom. The number of carbonyl (C=O) groups is 3. The van der Waals surface area contributed by atoms with Crippen LogP contribution in [0.2, 0.25) is 0 Å². The van der Waals surface area contributed by atoms with Crippen LogP contribution in [0.5, 0.6) is 6.01 Å². The predicted octanol–water partition coefficient (Wildman–Crippen LogP) is 11.6. The first-order valence-corrected chi connectivity index (χ1v) is 49.4. The lowest BCUT2D eigenvalue weighted by molar-refractivity contribution is -0.133. The molecule has 37 heteroatoms. The number of amides is 3. The van der Waals surface area contributed by atoms with Crippen LogP contribution in [0.4, 0.5) is 64.6 Å². The Bertz CT molecular complexity index is 4720. The molecule has 15 heterocycles. The highest BCUT2D eigenvalue weighted by Gasteiger charge is 2.37. The summed E-state index contributed by atoms with van der Waals surface area (Å²) in [5, 5.41) is 40.4. The molecule has 0 atom stereocenters. The Hall–Kier alpha value is -9.79. The molecule has 0 bridgehead atoms. The smallest absolute Gasteiger partial charge is 0.318 e. The van der Waals surface area contributed by atoms with Crippen LogP contribution in [0.3, 0.4) is 0 Å². The van der Waals surface area contributed by atoms with Gasteiger partial charge in [0.25, 0.3) is 0 Å². The molecule has 0 aromatic carbocycles. The summed E-state index contributed by atoms with van der Waals surface area (Å²) in [6, 6.07) is 15.6. The molecule has 3 amide bonds. The van der Waals surface area contributed by atoms with E-state index in [0.29, 0.717) is 73.7 Å². The Balaban J connectivity index is 0.000000295. The average Bonchev–Trinajstić information content (AvgIpc) is 0.955. The first-order valence-electron chi connectivity index (χ1n) is 49.4. The molecular weight excluding hydrogens is 1760 g/mol. The lowest BCUT2D eigenvalue weighted by Crippen LogP contribution is -2.52. The van der Waals surface area contributed by atoms with E-state index < -0.39 is 0 Å². The number of rotatable bonds is 26. The second-order valence-electron chi connectivity index (χ2n) is 43.3. The van der Waals surface area contributed by atoms with Crippen LogP contribution >= 0.6 is 0 Å². The topological polar surface area (TPSA) is 411 Å². The highest BCUT2D eigenvalue weighted by molar-refractivity contribution is 5.81. The standard InChI is InChI=1S/C19H30N6O.C18H30N6O.C17H28N6O.C16H29N5.C14H26N6.C13H22N4O.6CH4/c1-19(2,3)15-10-16(21-14-11-20-12-14)23-18(22-15)25-8-6-24(7-9-25)17(26)13-4-5-13;1-5-16(25)23-6-8-24(9-7-23)17-21-14(18(2,3)4)10-15(22-17)20-13-11-19-12-13;1-12(24)22-5-7-23(8-6-22)16-20-14(17(2,3)4)9-15(21-16)19-13-10-18-11-13;1-6-7-8-21(5)15-19-13(16(2,3)4)9-14(20-15)18-12-10-17-11-12;1-14(2,3)11-7-12(17-10-8-16-9-10)19-13(18-11)20(4)6-5-15;1-5-18-12-16-10(13(2,3)4)6-11(17-12)15-9-7-14-8-9;;;;;;/h10,13-14,20H,4-9,11-12H2,1-3H3,(H,21,22,23);10,13,19H,5-9,11-12H2,1-4H3,(H,20,21,22);9,13,18H,5-8,10-11H2,1-4H3,(H,19,20,21);9,12,17H,6-8,10-11H2,1-5H3,(H,18,19,20);7,10,16H,5-6,8-9,15H2,1-4H3,(H,17,18,19);6,9,14H,5,7-8H2,1-4H3,(H,15,16,17);6*1H4.